The number of Topliss-reactive ketones (excluding diaryl/α,β-unsaturated/α-hetero) is 1. The number of phenols is 1. The molecule has 2 aromatic rings. The highest BCUT2D eigenvalue weighted by Gasteiger charge is 2.74. The number of piperidine rings is 1. The SMILES string of the molecule is O=C1C(Cc2ccccc2)CC2(O)C3Cc4ccc(O)c5c4C2(CCN3CC2CC2)C1O5. The van der Waals surface area contributed by atoms with Crippen LogP contribution in [0.3, 0.4) is 0 Å². The zero-order valence-electron chi connectivity index (χ0n) is 18.2. The Kier molecular flexibility index (Phi) is 3.80. The van der Waals surface area contributed by atoms with Crippen molar-refractivity contribution in [3.8, 4) is 11.5 Å². The van der Waals surface area contributed by atoms with E-state index in [1.165, 1.54) is 12.8 Å². The van der Waals surface area contributed by atoms with Crippen LogP contribution in [-0.2, 0) is 23.1 Å². The minimum Gasteiger partial charge on any atom is -0.504 e. The summed E-state index contributed by atoms with van der Waals surface area (Å²) in [7, 11) is 0. The standard InChI is InChI=1S/C27H29NO4/c29-20-9-8-18-13-21-27(31)14-19(12-16-4-2-1-3-5-16)23(30)25-26(27,22(18)24(20)32-25)10-11-28(21)15-17-6-7-17/h1-5,8-9,17,19,21,25,29,31H,6-7,10-15H2. The molecule has 1 saturated heterocycles. The quantitative estimate of drug-likeness (QED) is 0.779. The van der Waals surface area contributed by atoms with Crippen LogP contribution < -0.4 is 4.74 Å². The number of likely N-dealkylation sites (tertiary alicyclic amines) is 1. The molecular formula is C27H29NO4. The van der Waals surface area contributed by atoms with Crippen molar-refractivity contribution in [2.75, 3.05) is 13.1 Å². The molecule has 0 radical (unpaired) electrons. The van der Waals surface area contributed by atoms with E-state index in [0.717, 1.165) is 42.1 Å². The number of hydrogen-bond acceptors (Lipinski definition) is 5. The fraction of sp³-hybridized carbons (Fsp3) is 0.519. The Morgan fingerprint density at radius 2 is 1.94 bits per heavy atom. The molecule has 5 aliphatic rings. The van der Waals surface area contributed by atoms with Gasteiger partial charge in [-0.2, -0.15) is 0 Å². The lowest BCUT2D eigenvalue weighted by Gasteiger charge is -2.63. The number of nitrogens with zero attached hydrogens (tertiary/aromatic N) is 1. The smallest absolute Gasteiger partial charge is 0.177 e. The number of ketones is 1. The maximum Gasteiger partial charge on any atom is 0.177 e. The third-order valence-corrected chi connectivity index (χ3v) is 9.06. The van der Waals surface area contributed by atoms with Gasteiger partial charge in [0.1, 0.15) is 0 Å². The Hall–Kier alpha value is -2.37. The van der Waals surface area contributed by atoms with Crippen molar-refractivity contribution in [2.45, 2.75) is 61.7 Å². The minimum absolute atomic E-state index is 0.0164. The van der Waals surface area contributed by atoms with Crippen LogP contribution in [0.15, 0.2) is 42.5 Å². The summed E-state index contributed by atoms with van der Waals surface area (Å²) in [5, 5.41) is 23.2. The highest BCUT2D eigenvalue weighted by atomic mass is 16.5. The fourth-order valence-electron chi connectivity index (χ4n) is 7.47. The van der Waals surface area contributed by atoms with Crippen LogP contribution in [-0.4, -0.2) is 51.7 Å². The Balaban J connectivity index is 1.37. The van der Waals surface area contributed by atoms with Crippen LogP contribution in [0.25, 0.3) is 0 Å². The summed E-state index contributed by atoms with van der Waals surface area (Å²) in [6.45, 7) is 1.90. The molecule has 0 aromatic heterocycles. The second-order valence-electron chi connectivity index (χ2n) is 10.7. The summed E-state index contributed by atoms with van der Waals surface area (Å²) >= 11 is 0. The molecule has 32 heavy (non-hydrogen) atoms. The molecule has 7 rings (SSSR count). The molecule has 1 spiro atoms. The molecule has 5 atom stereocenters. The Morgan fingerprint density at radius 1 is 1.12 bits per heavy atom. The van der Waals surface area contributed by atoms with Crippen molar-refractivity contribution in [3.05, 3.63) is 59.2 Å². The van der Waals surface area contributed by atoms with Gasteiger partial charge in [-0.05, 0) is 68.2 Å². The van der Waals surface area contributed by atoms with Gasteiger partial charge in [-0.1, -0.05) is 36.4 Å². The van der Waals surface area contributed by atoms with Crippen molar-refractivity contribution < 1.29 is 19.7 Å². The number of rotatable bonds is 4. The number of carbonyl (C=O) groups is 1. The van der Waals surface area contributed by atoms with Crippen molar-refractivity contribution in [1.29, 1.82) is 0 Å². The first-order valence-electron chi connectivity index (χ1n) is 12.1. The molecule has 5 nitrogen and oxygen atoms in total. The van der Waals surface area contributed by atoms with Crippen molar-refractivity contribution >= 4 is 5.78 Å². The summed E-state index contributed by atoms with van der Waals surface area (Å²) in [4.78, 5) is 16.4. The lowest BCUT2D eigenvalue weighted by atomic mass is 9.47. The molecule has 5 heteroatoms. The molecule has 2 aromatic carbocycles. The van der Waals surface area contributed by atoms with E-state index in [1.54, 1.807) is 6.07 Å². The predicted octanol–water partition coefficient (Wildman–Crippen LogP) is 2.99. The Labute approximate surface area is 188 Å². The third kappa shape index (κ3) is 2.33. The number of phenolic OH excluding ortho intramolecular Hbond substituents is 1. The minimum atomic E-state index is -1.04. The van der Waals surface area contributed by atoms with Gasteiger partial charge in [0.25, 0.3) is 0 Å². The number of benzene rings is 2. The van der Waals surface area contributed by atoms with Gasteiger partial charge in [0.05, 0.1) is 11.0 Å². The zero-order chi connectivity index (χ0) is 21.7. The first-order valence-corrected chi connectivity index (χ1v) is 12.1. The van der Waals surface area contributed by atoms with Crippen LogP contribution in [0.1, 0.15) is 42.4 Å². The van der Waals surface area contributed by atoms with Gasteiger partial charge < -0.3 is 14.9 Å². The van der Waals surface area contributed by atoms with E-state index in [0.29, 0.717) is 25.0 Å². The molecule has 2 saturated carbocycles. The number of hydrogen-bond donors (Lipinski definition) is 2. The van der Waals surface area contributed by atoms with Gasteiger partial charge in [-0.3, -0.25) is 9.69 Å². The maximum absolute atomic E-state index is 13.8. The van der Waals surface area contributed by atoms with Crippen molar-refractivity contribution in [2.24, 2.45) is 11.8 Å². The molecule has 166 valence electrons. The number of ether oxygens (including phenoxy) is 1. The number of aliphatic hydroxyl groups is 1. The largest absolute Gasteiger partial charge is 0.504 e. The highest BCUT2D eigenvalue weighted by molar-refractivity contribution is 5.92. The zero-order valence-corrected chi connectivity index (χ0v) is 18.2. The van der Waals surface area contributed by atoms with Crippen LogP contribution in [0.2, 0.25) is 0 Å². The monoisotopic (exact) mass is 431 g/mol. The Morgan fingerprint density at radius 3 is 2.72 bits per heavy atom. The summed E-state index contributed by atoms with van der Waals surface area (Å²) < 4.78 is 6.31. The molecule has 3 aliphatic carbocycles. The molecule has 5 unspecified atom stereocenters. The highest BCUT2D eigenvalue weighted by Crippen LogP contribution is 2.65. The molecule has 2 bridgehead atoms. The number of aromatic hydroxyl groups is 1. The van der Waals surface area contributed by atoms with E-state index in [1.807, 2.05) is 24.3 Å². The van der Waals surface area contributed by atoms with E-state index in [2.05, 4.69) is 17.0 Å². The van der Waals surface area contributed by atoms with Crippen molar-refractivity contribution in [1.82, 2.24) is 4.90 Å². The summed E-state index contributed by atoms with van der Waals surface area (Å²) in [6, 6.07) is 13.7. The Bertz CT molecular complexity index is 1110. The second kappa shape index (κ2) is 6.36. The summed E-state index contributed by atoms with van der Waals surface area (Å²) in [5.74, 6) is 1.05. The van der Waals surface area contributed by atoms with E-state index >= 15 is 0 Å². The molecule has 0 amide bonds. The van der Waals surface area contributed by atoms with Gasteiger partial charge in [0.15, 0.2) is 23.4 Å². The van der Waals surface area contributed by atoms with Gasteiger partial charge in [-0.25, -0.2) is 0 Å². The lowest BCUT2D eigenvalue weighted by Crippen LogP contribution is -2.78. The second-order valence-corrected chi connectivity index (χ2v) is 10.7. The summed E-state index contributed by atoms with van der Waals surface area (Å²) in [5.41, 5.74) is 1.37. The van der Waals surface area contributed by atoms with Crippen LogP contribution in [0.5, 0.6) is 11.5 Å². The third-order valence-electron chi connectivity index (χ3n) is 9.06. The predicted molar refractivity (Wildman–Crippen MR) is 119 cm³/mol. The first kappa shape index (κ1) is 19.1. The van der Waals surface area contributed by atoms with Crippen LogP contribution in [0.4, 0.5) is 0 Å². The van der Waals surface area contributed by atoms with Crippen LogP contribution in [0, 0.1) is 11.8 Å². The van der Waals surface area contributed by atoms with Gasteiger partial charge >= 0.3 is 0 Å². The molecule has 2 N–H and O–H groups in total. The van der Waals surface area contributed by atoms with Gasteiger partial charge in [-0.15, -0.1) is 0 Å². The maximum atomic E-state index is 13.8. The van der Waals surface area contributed by atoms with Crippen LogP contribution >= 0.6 is 0 Å². The van der Waals surface area contributed by atoms with Gasteiger partial charge in [0.2, 0.25) is 0 Å². The molecule has 2 heterocycles. The normalized spacial score (nSPS) is 37.2. The fourth-order valence-corrected chi connectivity index (χ4v) is 7.47. The topological polar surface area (TPSA) is 70.0 Å². The van der Waals surface area contributed by atoms with E-state index < -0.39 is 17.1 Å². The van der Waals surface area contributed by atoms with Gasteiger partial charge in [0, 0.05) is 24.1 Å². The first-order chi connectivity index (χ1) is 15.5. The average Bonchev–Trinajstić information content (AvgIpc) is 3.52. The average molecular weight is 432 g/mol. The lowest BCUT2D eigenvalue weighted by molar-refractivity contribution is -0.197. The van der Waals surface area contributed by atoms with E-state index in [9.17, 15) is 15.0 Å². The molecule has 2 aliphatic heterocycles. The molecule has 3 fully saturated rings. The van der Waals surface area contributed by atoms with E-state index in [-0.39, 0.29) is 23.5 Å². The molecular weight excluding hydrogens is 402 g/mol. The van der Waals surface area contributed by atoms with E-state index in [4.69, 9.17) is 4.74 Å². The van der Waals surface area contributed by atoms with Crippen molar-refractivity contribution in [3.63, 3.8) is 0 Å². The number of carbonyl (C=O) groups excluding carboxylic acids is 1. The summed E-state index contributed by atoms with van der Waals surface area (Å²) in [6.07, 6.45) is 4.36.